The number of H-pyrrole nitrogens is 1. The molecule has 3 heterocycles. The molecule has 0 unspecified atom stereocenters. The minimum Gasteiger partial charge on any atom is -0.384 e. The lowest BCUT2D eigenvalue weighted by molar-refractivity contribution is 0.115. The van der Waals surface area contributed by atoms with Gasteiger partial charge in [0.05, 0.1) is 6.20 Å². The Balaban J connectivity index is 1.40. The van der Waals surface area contributed by atoms with E-state index in [1.165, 1.54) is 31.6 Å². The minimum atomic E-state index is 0.629. The van der Waals surface area contributed by atoms with Gasteiger partial charge in [-0.25, -0.2) is 0 Å². The number of aromatic amines is 1. The molecule has 0 saturated carbocycles. The first kappa shape index (κ1) is 16.4. The van der Waals surface area contributed by atoms with E-state index in [-0.39, 0.29) is 0 Å². The number of nitrogens with zero attached hydrogens (tertiary/aromatic N) is 4. The summed E-state index contributed by atoms with van der Waals surface area (Å²) in [6, 6.07) is 9.41. The van der Waals surface area contributed by atoms with Gasteiger partial charge in [-0.2, -0.15) is 5.10 Å². The molecule has 2 aliphatic heterocycles. The molecule has 2 saturated heterocycles. The van der Waals surface area contributed by atoms with Gasteiger partial charge in [-0.05, 0) is 50.7 Å². The molecule has 2 aliphatic rings. The molecule has 2 aromatic rings. The summed E-state index contributed by atoms with van der Waals surface area (Å²) in [5.74, 6) is 0.629. The van der Waals surface area contributed by atoms with Crippen molar-refractivity contribution in [1.29, 1.82) is 0 Å². The van der Waals surface area contributed by atoms with Crippen molar-refractivity contribution in [2.75, 3.05) is 56.9 Å². The van der Waals surface area contributed by atoms with Crippen molar-refractivity contribution in [2.24, 2.45) is 0 Å². The number of nitrogens with one attached hydrogen (secondary N) is 1. The fourth-order valence-corrected chi connectivity index (χ4v) is 4.10. The Labute approximate surface area is 149 Å². The molecule has 0 spiro atoms. The van der Waals surface area contributed by atoms with Gasteiger partial charge < -0.3 is 15.5 Å². The number of benzene rings is 1. The lowest BCUT2D eigenvalue weighted by atomic mass is 10.0. The summed E-state index contributed by atoms with van der Waals surface area (Å²) in [5.41, 5.74) is 9.35. The number of hydrogen-bond donors (Lipinski definition) is 2. The van der Waals surface area contributed by atoms with E-state index in [4.69, 9.17) is 5.73 Å². The number of likely N-dealkylation sites (tertiary alicyclic amines) is 1. The second-order valence-corrected chi connectivity index (χ2v) is 7.31. The number of aromatic nitrogens is 2. The van der Waals surface area contributed by atoms with E-state index >= 15 is 0 Å². The Morgan fingerprint density at radius 3 is 2.52 bits per heavy atom. The van der Waals surface area contributed by atoms with Gasteiger partial charge in [-0.15, -0.1) is 0 Å². The maximum Gasteiger partial charge on any atom is 0.126 e. The zero-order valence-corrected chi connectivity index (χ0v) is 15.0. The molecule has 25 heavy (non-hydrogen) atoms. The number of nitrogens with two attached hydrogens (primary N) is 1. The Kier molecular flexibility index (Phi) is 4.63. The van der Waals surface area contributed by atoms with Gasteiger partial charge in [-0.3, -0.25) is 10.00 Å². The van der Waals surface area contributed by atoms with Gasteiger partial charge in [0, 0.05) is 43.5 Å². The SMILES string of the molecule is CN1CCC(N2CCN(c3cccc(-c4cn[nH]c4N)c3)CC2)CC1. The van der Waals surface area contributed by atoms with Crippen LogP contribution in [0.1, 0.15) is 12.8 Å². The average Bonchev–Trinajstić information content (AvgIpc) is 3.09. The molecule has 6 heteroatoms. The first-order valence-corrected chi connectivity index (χ1v) is 9.27. The highest BCUT2D eigenvalue weighted by Gasteiger charge is 2.26. The summed E-state index contributed by atoms with van der Waals surface area (Å²) in [7, 11) is 2.23. The molecule has 0 bridgehead atoms. The van der Waals surface area contributed by atoms with Crippen molar-refractivity contribution in [3.05, 3.63) is 30.5 Å². The van der Waals surface area contributed by atoms with Crippen LogP contribution in [0.25, 0.3) is 11.1 Å². The van der Waals surface area contributed by atoms with Gasteiger partial charge in [0.25, 0.3) is 0 Å². The summed E-state index contributed by atoms with van der Waals surface area (Å²) < 4.78 is 0. The smallest absolute Gasteiger partial charge is 0.126 e. The Morgan fingerprint density at radius 2 is 1.84 bits per heavy atom. The van der Waals surface area contributed by atoms with Crippen LogP contribution in [-0.4, -0.2) is 72.4 Å². The van der Waals surface area contributed by atoms with E-state index in [2.05, 4.69) is 56.2 Å². The van der Waals surface area contributed by atoms with E-state index < -0.39 is 0 Å². The summed E-state index contributed by atoms with van der Waals surface area (Å²) in [5, 5.41) is 6.85. The second kappa shape index (κ2) is 7.06. The fraction of sp³-hybridized carbons (Fsp3) is 0.526. The molecule has 0 atom stereocenters. The summed E-state index contributed by atoms with van der Waals surface area (Å²) in [6.45, 7) is 6.98. The number of hydrogen-bond acceptors (Lipinski definition) is 5. The molecule has 0 aliphatic carbocycles. The van der Waals surface area contributed by atoms with Gasteiger partial charge in [0.1, 0.15) is 5.82 Å². The monoisotopic (exact) mass is 340 g/mol. The highest BCUT2D eigenvalue weighted by Crippen LogP contribution is 2.28. The predicted octanol–water partition coefficient (Wildman–Crippen LogP) is 1.88. The van der Waals surface area contributed by atoms with E-state index in [1.54, 1.807) is 6.20 Å². The lowest BCUT2D eigenvalue weighted by Crippen LogP contribution is -2.53. The van der Waals surface area contributed by atoms with Crippen molar-refractivity contribution in [1.82, 2.24) is 20.0 Å². The Hall–Kier alpha value is -2.05. The molecule has 0 amide bonds. The van der Waals surface area contributed by atoms with E-state index in [0.29, 0.717) is 5.82 Å². The van der Waals surface area contributed by atoms with Crippen LogP contribution in [0.4, 0.5) is 11.5 Å². The van der Waals surface area contributed by atoms with Gasteiger partial charge in [-0.1, -0.05) is 12.1 Å². The molecule has 6 nitrogen and oxygen atoms in total. The Morgan fingerprint density at radius 1 is 1.08 bits per heavy atom. The van der Waals surface area contributed by atoms with Crippen molar-refractivity contribution in [3.63, 3.8) is 0 Å². The number of anilines is 2. The largest absolute Gasteiger partial charge is 0.384 e. The summed E-state index contributed by atoms with van der Waals surface area (Å²) in [4.78, 5) is 7.63. The zero-order valence-electron chi connectivity index (χ0n) is 15.0. The van der Waals surface area contributed by atoms with Crippen LogP contribution < -0.4 is 10.6 Å². The van der Waals surface area contributed by atoms with Crippen LogP contribution in [0, 0.1) is 0 Å². The number of nitrogen functional groups attached to an aromatic ring is 1. The average molecular weight is 340 g/mol. The standard InChI is InChI=1S/C19H28N6/c1-23-7-5-16(6-8-23)24-9-11-25(12-10-24)17-4-2-3-15(13-17)18-14-21-22-19(18)20/h2-4,13-14,16H,5-12H2,1H3,(H3,20,21,22). The van der Waals surface area contributed by atoms with Crippen molar-refractivity contribution < 1.29 is 0 Å². The molecule has 4 rings (SSSR count). The van der Waals surface area contributed by atoms with E-state index in [1.807, 2.05) is 0 Å². The first-order valence-electron chi connectivity index (χ1n) is 9.27. The third kappa shape index (κ3) is 3.50. The molecule has 0 radical (unpaired) electrons. The molecular formula is C19H28N6. The molecule has 3 N–H and O–H groups in total. The van der Waals surface area contributed by atoms with Crippen molar-refractivity contribution >= 4 is 11.5 Å². The summed E-state index contributed by atoms with van der Waals surface area (Å²) >= 11 is 0. The fourth-order valence-electron chi connectivity index (χ4n) is 4.10. The van der Waals surface area contributed by atoms with Crippen LogP contribution in [0.5, 0.6) is 0 Å². The molecule has 1 aromatic heterocycles. The topological polar surface area (TPSA) is 64.4 Å². The maximum absolute atomic E-state index is 5.97. The van der Waals surface area contributed by atoms with Crippen molar-refractivity contribution in [2.45, 2.75) is 18.9 Å². The quantitative estimate of drug-likeness (QED) is 0.893. The zero-order chi connectivity index (χ0) is 17.2. The summed E-state index contributed by atoms with van der Waals surface area (Å²) in [6.07, 6.45) is 4.42. The molecular weight excluding hydrogens is 312 g/mol. The number of piperidine rings is 1. The van der Waals surface area contributed by atoms with E-state index in [9.17, 15) is 0 Å². The van der Waals surface area contributed by atoms with Gasteiger partial charge in [0.2, 0.25) is 0 Å². The van der Waals surface area contributed by atoms with E-state index in [0.717, 1.165) is 43.3 Å². The van der Waals surface area contributed by atoms with Gasteiger partial charge >= 0.3 is 0 Å². The first-order chi connectivity index (χ1) is 12.2. The van der Waals surface area contributed by atoms with Crippen LogP contribution >= 0.6 is 0 Å². The Bertz CT molecular complexity index is 695. The van der Waals surface area contributed by atoms with Crippen molar-refractivity contribution in [3.8, 4) is 11.1 Å². The maximum atomic E-state index is 5.97. The third-order valence-electron chi connectivity index (χ3n) is 5.71. The highest BCUT2D eigenvalue weighted by atomic mass is 15.3. The van der Waals surface area contributed by atoms with Crippen LogP contribution in [0.3, 0.4) is 0 Å². The lowest BCUT2D eigenvalue weighted by Gasteiger charge is -2.43. The van der Waals surface area contributed by atoms with Crippen LogP contribution in [0.15, 0.2) is 30.5 Å². The molecule has 2 fully saturated rings. The van der Waals surface area contributed by atoms with Crippen LogP contribution in [0.2, 0.25) is 0 Å². The highest BCUT2D eigenvalue weighted by molar-refractivity contribution is 5.75. The second-order valence-electron chi connectivity index (χ2n) is 7.31. The molecule has 1 aromatic carbocycles. The normalized spacial score (nSPS) is 20.9. The number of rotatable bonds is 3. The van der Waals surface area contributed by atoms with Crippen LogP contribution in [-0.2, 0) is 0 Å². The third-order valence-corrected chi connectivity index (χ3v) is 5.71. The predicted molar refractivity (Wildman–Crippen MR) is 103 cm³/mol. The molecule has 134 valence electrons. The van der Waals surface area contributed by atoms with Gasteiger partial charge in [0.15, 0.2) is 0 Å². The number of piperazine rings is 1. The minimum absolute atomic E-state index is 0.629.